The molecule has 3 nitrogen and oxygen atoms in total. The van der Waals surface area contributed by atoms with E-state index in [2.05, 4.69) is 17.4 Å². The Morgan fingerprint density at radius 3 is 2.50 bits per heavy atom. The van der Waals surface area contributed by atoms with Gasteiger partial charge in [0.05, 0.1) is 11.6 Å². The van der Waals surface area contributed by atoms with Gasteiger partial charge in [0.2, 0.25) is 5.91 Å². The normalized spacial score (nSPS) is 13.1. The van der Waals surface area contributed by atoms with Crippen LogP contribution in [0.15, 0.2) is 30.3 Å². The van der Waals surface area contributed by atoms with Gasteiger partial charge in [-0.3, -0.25) is 4.79 Å². The van der Waals surface area contributed by atoms with E-state index < -0.39 is 11.6 Å². The molecule has 0 bridgehead atoms. The molecule has 18 heavy (non-hydrogen) atoms. The number of aliphatic hydroxyl groups excluding tert-OH is 1. The summed E-state index contributed by atoms with van der Waals surface area (Å²) in [5, 5.41) is 12.4. The van der Waals surface area contributed by atoms with Crippen LogP contribution in [0.1, 0.15) is 39.2 Å². The number of carbonyl (C=O) groups is 1. The zero-order chi connectivity index (χ0) is 13.6. The van der Waals surface area contributed by atoms with Crippen LogP contribution in [-0.2, 0) is 11.2 Å². The second-order valence-electron chi connectivity index (χ2n) is 5.28. The molecule has 0 saturated heterocycles. The molecule has 0 radical (unpaired) electrons. The summed E-state index contributed by atoms with van der Waals surface area (Å²) in [5.41, 5.74) is 0.684. The SMILES string of the molecule is CC(O)C(C)(C)NC(=O)CCCc1ccccc1. The Morgan fingerprint density at radius 2 is 1.94 bits per heavy atom. The van der Waals surface area contributed by atoms with Gasteiger partial charge < -0.3 is 10.4 Å². The van der Waals surface area contributed by atoms with E-state index in [0.717, 1.165) is 12.8 Å². The molecule has 1 atom stereocenters. The van der Waals surface area contributed by atoms with Crippen molar-refractivity contribution in [1.82, 2.24) is 5.32 Å². The van der Waals surface area contributed by atoms with Crippen molar-refractivity contribution < 1.29 is 9.90 Å². The zero-order valence-corrected chi connectivity index (χ0v) is 11.4. The highest BCUT2D eigenvalue weighted by molar-refractivity contribution is 5.76. The standard InChI is InChI=1S/C15H23NO2/c1-12(17)15(2,3)16-14(18)11-7-10-13-8-5-4-6-9-13/h4-6,8-9,12,17H,7,10-11H2,1-3H3,(H,16,18). The van der Waals surface area contributed by atoms with Crippen LogP contribution in [0.4, 0.5) is 0 Å². The van der Waals surface area contributed by atoms with E-state index in [1.54, 1.807) is 6.92 Å². The number of benzene rings is 1. The van der Waals surface area contributed by atoms with Crippen molar-refractivity contribution in [3.63, 3.8) is 0 Å². The highest BCUT2D eigenvalue weighted by atomic mass is 16.3. The van der Waals surface area contributed by atoms with Crippen molar-refractivity contribution >= 4 is 5.91 Å². The fraction of sp³-hybridized carbons (Fsp3) is 0.533. The van der Waals surface area contributed by atoms with Crippen molar-refractivity contribution in [3.8, 4) is 0 Å². The second kappa shape index (κ2) is 6.55. The molecule has 0 aliphatic rings. The van der Waals surface area contributed by atoms with E-state index >= 15 is 0 Å². The van der Waals surface area contributed by atoms with Gasteiger partial charge >= 0.3 is 0 Å². The molecule has 0 aromatic heterocycles. The molecule has 2 N–H and O–H groups in total. The average Bonchev–Trinajstić information content (AvgIpc) is 2.29. The molecule has 1 amide bonds. The quantitative estimate of drug-likeness (QED) is 0.812. The first kappa shape index (κ1) is 14.7. The highest BCUT2D eigenvalue weighted by Gasteiger charge is 2.25. The van der Waals surface area contributed by atoms with Crippen LogP contribution in [-0.4, -0.2) is 22.7 Å². The van der Waals surface area contributed by atoms with Crippen molar-refractivity contribution in [2.45, 2.75) is 51.7 Å². The van der Waals surface area contributed by atoms with Crippen LogP contribution in [0, 0.1) is 0 Å². The lowest BCUT2D eigenvalue weighted by Gasteiger charge is -2.29. The molecule has 100 valence electrons. The van der Waals surface area contributed by atoms with E-state index in [4.69, 9.17) is 0 Å². The molecule has 3 heteroatoms. The number of hydrogen-bond acceptors (Lipinski definition) is 2. The summed E-state index contributed by atoms with van der Waals surface area (Å²) >= 11 is 0. The molecular formula is C15H23NO2. The predicted molar refractivity (Wildman–Crippen MR) is 73.3 cm³/mol. The number of carbonyl (C=O) groups excluding carboxylic acids is 1. The molecule has 1 rings (SSSR count). The molecule has 0 fully saturated rings. The van der Waals surface area contributed by atoms with E-state index in [1.807, 2.05) is 32.0 Å². The van der Waals surface area contributed by atoms with E-state index in [9.17, 15) is 9.90 Å². The maximum atomic E-state index is 11.7. The molecule has 0 saturated carbocycles. The first-order valence-corrected chi connectivity index (χ1v) is 6.45. The Balaban J connectivity index is 2.30. The molecular weight excluding hydrogens is 226 g/mol. The topological polar surface area (TPSA) is 49.3 Å². The summed E-state index contributed by atoms with van der Waals surface area (Å²) in [4.78, 5) is 11.7. The summed E-state index contributed by atoms with van der Waals surface area (Å²) in [6, 6.07) is 10.1. The number of hydrogen-bond donors (Lipinski definition) is 2. The Labute approximate surface area is 109 Å². The molecule has 1 unspecified atom stereocenters. The third-order valence-electron chi connectivity index (χ3n) is 3.22. The monoisotopic (exact) mass is 249 g/mol. The summed E-state index contributed by atoms with van der Waals surface area (Å²) < 4.78 is 0. The minimum Gasteiger partial charge on any atom is -0.391 e. The van der Waals surface area contributed by atoms with Gasteiger partial charge in [-0.25, -0.2) is 0 Å². The van der Waals surface area contributed by atoms with Gasteiger partial charge in [0, 0.05) is 6.42 Å². The van der Waals surface area contributed by atoms with Crippen LogP contribution < -0.4 is 5.32 Å². The summed E-state index contributed by atoms with van der Waals surface area (Å²) in [6.07, 6.45) is 1.66. The molecule has 0 aliphatic carbocycles. The predicted octanol–water partition coefficient (Wildman–Crippen LogP) is 2.28. The molecule has 0 heterocycles. The second-order valence-corrected chi connectivity index (χ2v) is 5.28. The fourth-order valence-corrected chi connectivity index (χ4v) is 1.62. The summed E-state index contributed by atoms with van der Waals surface area (Å²) in [6.45, 7) is 5.34. The van der Waals surface area contributed by atoms with Gasteiger partial charge in [-0.2, -0.15) is 0 Å². The lowest BCUT2D eigenvalue weighted by atomic mass is 9.98. The van der Waals surface area contributed by atoms with Gasteiger partial charge in [0.25, 0.3) is 0 Å². The van der Waals surface area contributed by atoms with Gasteiger partial charge in [0.15, 0.2) is 0 Å². The Kier molecular flexibility index (Phi) is 5.35. The van der Waals surface area contributed by atoms with Gasteiger partial charge in [-0.1, -0.05) is 30.3 Å². The average molecular weight is 249 g/mol. The van der Waals surface area contributed by atoms with Crippen molar-refractivity contribution in [2.75, 3.05) is 0 Å². The lowest BCUT2D eigenvalue weighted by Crippen LogP contribution is -2.50. The third kappa shape index (κ3) is 4.88. The van der Waals surface area contributed by atoms with Crippen LogP contribution in [0.2, 0.25) is 0 Å². The first-order chi connectivity index (χ1) is 8.42. The first-order valence-electron chi connectivity index (χ1n) is 6.45. The minimum absolute atomic E-state index is 0.00293. The fourth-order valence-electron chi connectivity index (χ4n) is 1.62. The smallest absolute Gasteiger partial charge is 0.220 e. The zero-order valence-electron chi connectivity index (χ0n) is 11.4. The van der Waals surface area contributed by atoms with Crippen LogP contribution in [0.5, 0.6) is 0 Å². The van der Waals surface area contributed by atoms with Crippen LogP contribution in [0.25, 0.3) is 0 Å². The molecule has 0 aliphatic heterocycles. The molecule has 1 aromatic rings. The maximum Gasteiger partial charge on any atom is 0.220 e. The Morgan fingerprint density at radius 1 is 1.33 bits per heavy atom. The third-order valence-corrected chi connectivity index (χ3v) is 3.22. The van der Waals surface area contributed by atoms with E-state index in [0.29, 0.717) is 6.42 Å². The van der Waals surface area contributed by atoms with Crippen molar-refractivity contribution in [1.29, 1.82) is 0 Å². The summed E-state index contributed by atoms with van der Waals surface area (Å²) in [5.74, 6) is -0.00293. The van der Waals surface area contributed by atoms with Crippen molar-refractivity contribution in [2.24, 2.45) is 0 Å². The van der Waals surface area contributed by atoms with Crippen molar-refractivity contribution in [3.05, 3.63) is 35.9 Å². The van der Waals surface area contributed by atoms with Gasteiger partial charge in [-0.05, 0) is 39.2 Å². The van der Waals surface area contributed by atoms with Gasteiger partial charge in [0.1, 0.15) is 0 Å². The van der Waals surface area contributed by atoms with Gasteiger partial charge in [-0.15, -0.1) is 0 Å². The van der Waals surface area contributed by atoms with Crippen LogP contribution >= 0.6 is 0 Å². The summed E-state index contributed by atoms with van der Waals surface area (Å²) in [7, 11) is 0. The lowest BCUT2D eigenvalue weighted by molar-refractivity contribution is -0.124. The minimum atomic E-state index is -0.566. The number of rotatable bonds is 6. The van der Waals surface area contributed by atoms with E-state index in [1.165, 1.54) is 5.56 Å². The van der Waals surface area contributed by atoms with E-state index in [-0.39, 0.29) is 5.91 Å². The Hall–Kier alpha value is -1.35. The maximum absolute atomic E-state index is 11.7. The largest absolute Gasteiger partial charge is 0.391 e. The number of amides is 1. The Bertz CT molecular complexity index is 371. The highest BCUT2D eigenvalue weighted by Crippen LogP contribution is 2.10. The molecule has 1 aromatic carbocycles. The number of aliphatic hydroxyl groups is 1. The van der Waals surface area contributed by atoms with Crippen LogP contribution in [0.3, 0.4) is 0 Å². The molecule has 0 spiro atoms. The number of aryl methyl sites for hydroxylation is 1. The number of nitrogens with one attached hydrogen (secondary N) is 1.